The van der Waals surface area contributed by atoms with Crippen molar-refractivity contribution in [1.29, 1.82) is 0 Å². The normalized spacial score (nSPS) is 11.4. The molecular weight excluding hydrogens is 402 g/mol. The van der Waals surface area contributed by atoms with Crippen LogP contribution in [0, 0.1) is 0 Å². The molecule has 0 spiro atoms. The molecule has 0 unspecified atom stereocenters. The standard InChI is InChI=1S/C22H26ClN5O2/c1-5-17-19(28-13-15(23)8-11-18(28)26-17)20(29)24-12-14-6-9-16(10-7-14)25-21(30)27-22(2,3)4/h6-11,13H,5,12H2,1-4H3,(H,24,29)(H2,25,27,30). The summed E-state index contributed by atoms with van der Waals surface area (Å²) in [5.41, 5.74) is 3.18. The number of halogens is 1. The van der Waals surface area contributed by atoms with Crippen LogP contribution in [0.4, 0.5) is 10.5 Å². The monoisotopic (exact) mass is 427 g/mol. The van der Waals surface area contributed by atoms with Crippen LogP contribution in [0.3, 0.4) is 0 Å². The molecule has 3 rings (SSSR count). The number of nitrogens with zero attached hydrogens (tertiary/aromatic N) is 2. The van der Waals surface area contributed by atoms with Crippen LogP contribution in [0.15, 0.2) is 42.6 Å². The van der Waals surface area contributed by atoms with E-state index in [9.17, 15) is 9.59 Å². The van der Waals surface area contributed by atoms with Crippen molar-refractivity contribution < 1.29 is 9.59 Å². The lowest BCUT2D eigenvalue weighted by atomic mass is 10.1. The Kier molecular flexibility index (Phi) is 6.31. The molecule has 158 valence electrons. The molecule has 0 saturated heterocycles. The van der Waals surface area contributed by atoms with Gasteiger partial charge in [-0.25, -0.2) is 9.78 Å². The van der Waals surface area contributed by atoms with Crippen LogP contribution < -0.4 is 16.0 Å². The van der Waals surface area contributed by atoms with E-state index in [1.54, 1.807) is 34.9 Å². The van der Waals surface area contributed by atoms with E-state index in [1.165, 1.54) is 0 Å². The second kappa shape index (κ2) is 8.75. The van der Waals surface area contributed by atoms with Crippen molar-refractivity contribution in [3.05, 3.63) is 64.6 Å². The van der Waals surface area contributed by atoms with Gasteiger partial charge >= 0.3 is 6.03 Å². The average molecular weight is 428 g/mol. The van der Waals surface area contributed by atoms with Crippen molar-refractivity contribution in [2.75, 3.05) is 5.32 Å². The van der Waals surface area contributed by atoms with Gasteiger partial charge in [0, 0.05) is 24.0 Å². The fraction of sp³-hybridized carbons (Fsp3) is 0.318. The maximum Gasteiger partial charge on any atom is 0.319 e. The predicted molar refractivity (Wildman–Crippen MR) is 119 cm³/mol. The molecule has 0 radical (unpaired) electrons. The van der Waals surface area contributed by atoms with Crippen molar-refractivity contribution in [3.63, 3.8) is 0 Å². The fourth-order valence-electron chi connectivity index (χ4n) is 3.03. The van der Waals surface area contributed by atoms with Gasteiger partial charge in [-0.15, -0.1) is 0 Å². The lowest BCUT2D eigenvalue weighted by Gasteiger charge is -2.20. The largest absolute Gasteiger partial charge is 0.347 e. The van der Waals surface area contributed by atoms with Gasteiger partial charge in [0.2, 0.25) is 0 Å². The van der Waals surface area contributed by atoms with Gasteiger partial charge in [0.25, 0.3) is 5.91 Å². The molecule has 3 N–H and O–H groups in total. The Balaban J connectivity index is 1.66. The van der Waals surface area contributed by atoms with E-state index in [0.717, 1.165) is 11.3 Å². The summed E-state index contributed by atoms with van der Waals surface area (Å²) in [7, 11) is 0. The topological polar surface area (TPSA) is 87.5 Å². The van der Waals surface area contributed by atoms with E-state index in [0.29, 0.717) is 35.0 Å². The van der Waals surface area contributed by atoms with E-state index in [-0.39, 0.29) is 17.5 Å². The van der Waals surface area contributed by atoms with E-state index >= 15 is 0 Å². The van der Waals surface area contributed by atoms with Crippen molar-refractivity contribution in [3.8, 4) is 0 Å². The molecule has 2 aromatic heterocycles. The quantitative estimate of drug-likeness (QED) is 0.564. The molecule has 30 heavy (non-hydrogen) atoms. The molecule has 3 aromatic rings. The van der Waals surface area contributed by atoms with Gasteiger partial charge in [0.05, 0.1) is 10.7 Å². The Bertz CT molecular complexity index is 1070. The lowest BCUT2D eigenvalue weighted by molar-refractivity contribution is 0.0944. The number of aromatic nitrogens is 2. The molecule has 0 atom stereocenters. The highest BCUT2D eigenvalue weighted by molar-refractivity contribution is 6.30. The zero-order valence-electron chi connectivity index (χ0n) is 17.5. The van der Waals surface area contributed by atoms with Crippen molar-refractivity contribution in [1.82, 2.24) is 20.0 Å². The first-order chi connectivity index (χ1) is 14.2. The first-order valence-electron chi connectivity index (χ1n) is 9.79. The molecular formula is C22H26ClN5O2. The molecule has 2 heterocycles. The van der Waals surface area contributed by atoms with Crippen LogP contribution in [0.2, 0.25) is 5.02 Å². The second-order valence-electron chi connectivity index (χ2n) is 8.04. The number of anilines is 1. The first kappa shape index (κ1) is 21.6. The van der Waals surface area contributed by atoms with E-state index < -0.39 is 0 Å². The number of aryl methyl sites for hydroxylation is 1. The maximum absolute atomic E-state index is 12.8. The number of imidazole rings is 1. The Morgan fingerprint density at radius 1 is 1.10 bits per heavy atom. The Labute approximate surface area is 180 Å². The van der Waals surface area contributed by atoms with Gasteiger partial charge < -0.3 is 16.0 Å². The summed E-state index contributed by atoms with van der Waals surface area (Å²) in [6.45, 7) is 8.06. The molecule has 8 heteroatoms. The van der Waals surface area contributed by atoms with Crippen LogP contribution in [-0.2, 0) is 13.0 Å². The van der Waals surface area contributed by atoms with Crippen LogP contribution in [0.25, 0.3) is 5.65 Å². The van der Waals surface area contributed by atoms with E-state index in [1.807, 2.05) is 39.8 Å². The number of benzene rings is 1. The van der Waals surface area contributed by atoms with Gasteiger partial charge in [-0.2, -0.15) is 0 Å². The summed E-state index contributed by atoms with van der Waals surface area (Å²) in [4.78, 5) is 29.3. The highest BCUT2D eigenvalue weighted by Gasteiger charge is 2.18. The number of carbonyl (C=O) groups excluding carboxylic acids is 2. The zero-order valence-corrected chi connectivity index (χ0v) is 18.3. The second-order valence-corrected chi connectivity index (χ2v) is 8.48. The number of pyridine rings is 1. The number of carbonyl (C=O) groups is 2. The van der Waals surface area contributed by atoms with Crippen LogP contribution in [0.1, 0.15) is 49.4 Å². The molecule has 0 aliphatic rings. The average Bonchev–Trinajstić information content (AvgIpc) is 3.03. The zero-order chi connectivity index (χ0) is 21.9. The van der Waals surface area contributed by atoms with Crippen molar-refractivity contribution in [2.24, 2.45) is 0 Å². The third-order valence-corrected chi connectivity index (χ3v) is 4.58. The fourth-order valence-corrected chi connectivity index (χ4v) is 3.19. The molecule has 0 fully saturated rings. The van der Waals surface area contributed by atoms with E-state index in [2.05, 4.69) is 20.9 Å². The molecule has 0 aliphatic heterocycles. The number of hydrogen-bond donors (Lipinski definition) is 3. The minimum Gasteiger partial charge on any atom is -0.347 e. The summed E-state index contributed by atoms with van der Waals surface area (Å²) in [6.07, 6.45) is 2.33. The third kappa shape index (κ3) is 5.30. The summed E-state index contributed by atoms with van der Waals surface area (Å²) in [5.74, 6) is -0.214. The Morgan fingerprint density at radius 3 is 2.43 bits per heavy atom. The molecule has 7 nitrogen and oxygen atoms in total. The number of fused-ring (bicyclic) bond motifs is 1. The van der Waals surface area contributed by atoms with Gasteiger partial charge in [0.1, 0.15) is 11.3 Å². The maximum atomic E-state index is 12.8. The minimum atomic E-state index is -0.312. The molecule has 0 saturated carbocycles. The Morgan fingerprint density at radius 2 is 1.80 bits per heavy atom. The number of urea groups is 1. The summed E-state index contributed by atoms with van der Waals surface area (Å²) in [5, 5.41) is 9.11. The van der Waals surface area contributed by atoms with Crippen molar-refractivity contribution in [2.45, 2.75) is 46.2 Å². The van der Waals surface area contributed by atoms with Gasteiger partial charge in [0.15, 0.2) is 0 Å². The number of nitrogens with one attached hydrogen (secondary N) is 3. The Hall–Kier alpha value is -3.06. The molecule has 3 amide bonds. The van der Waals surface area contributed by atoms with E-state index in [4.69, 9.17) is 11.6 Å². The van der Waals surface area contributed by atoms with Crippen LogP contribution in [0.5, 0.6) is 0 Å². The van der Waals surface area contributed by atoms with Gasteiger partial charge in [-0.05, 0) is 57.0 Å². The third-order valence-electron chi connectivity index (χ3n) is 4.36. The summed E-state index contributed by atoms with van der Waals surface area (Å²) < 4.78 is 1.72. The smallest absolute Gasteiger partial charge is 0.319 e. The number of rotatable bonds is 5. The molecule has 0 bridgehead atoms. The number of hydrogen-bond acceptors (Lipinski definition) is 3. The highest BCUT2D eigenvalue weighted by Crippen LogP contribution is 2.18. The minimum absolute atomic E-state index is 0.214. The van der Waals surface area contributed by atoms with Crippen LogP contribution >= 0.6 is 11.6 Å². The summed E-state index contributed by atoms with van der Waals surface area (Å²) >= 11 is 6.09. The highest BCUT2D eigenvalue weighted by atomic mass is 35.5. The van der Waals surface area contributed by atoms with Crippen LogP contribution in [-0.4, -0.2) is 26.9 Å². The van der Waals surface area contributed by atoms with Gasteiger partial charge in [-0.1, -0.05) is 30.7 Å². The predicted octanol–water partition coefficient (Wildman–Crippen LogP) is 4.40. The molecule has 0 aliphatic carbocycles. The summed E-state index contributed by atoms with van der Waals surface area (Å²) in [6, 6.07) is 10.6. The first-order valence-corrected chi connectivity index (χ1v) is 10.2. The number of amides is 3. The SMILES string of the molecule is CCc1nc2ccc(Cl)cn2c1C(=O)NCc1ccc(NC(=O)NC(C)(C)C)cc1. The molecule has 1 aromatic carbocycles. The van der Waals surface area contributed by atoms with Gasteiger partial charge in [-0.3, -0.25) is 9.20 Å². The van der Waals surface area contributed by atoms with Crippen molar-refractivity contribution >= 4 is 34.9 Å². The lowest BCUT2D eigenvalue weighted by Crippen LogP contribution is -2.43.